The predicted octanol–water partition coefficient (Wildman–Crippen LogP) is 2.60. The van der Waals surface area contributed by atoms with E-state index < -0.39 is 0 Å². The number of rotatable bonds is 5. The lowest BCUT2D eigenvalue weighted by Crippen LogP contribution is -2.15. The van der Waals surface area contributed by atoms with E-state index in [4.69, 9.17) is 5.73 Å². The summed E-state index contributed by atoms with van der Waals surface area (Å²) in [6.07, 6.45) is 5.82. The molecular weight excluding hydrogens is 218 g/mol. The lowest BCUT2D eigenvalue weighted by Gasteiger charge is -2.11. The Kier molecular flexibility index (Phi) is 3.74. The van der Waals surface area contributed by atoms with E-state index in [2.05, 4.69) is 27.9 Å². The molecule has 2 rings (SSSR count). The third kappa shape index (κ3) is 2.51. The second-order valence-electron chi connectivity index (χ2n) is 3.86. The van der Waals surface area contributed by atoms with Crippen LogP contribution in [-0.2, 0) is 13.0 Å². The molecular formula is C12H17N3S. The third-order valence-corrected chi connectivity index (χ3v) is 3.58. The van der Waals surface area contributed by atoms with Crippen LogP contribution in [0.4, 0.5) is 0 Å². The Morgan fingerprint density at radius 2 is 2.44 bits per heavy atom. The Morgan fingerprint density at radius 1 is 1.56 bits per heavy atom. The van der Waals surface area contributed by atoms with Crippen LogP contribution in [0.5, 0.6) is 0 Å². The molecule has 86 valence electrons. The molecule has 3 nitrogen and oxygen atoms in total. The standard InChI is InChI=1S/C12H17N3S/c1-2-6-15-7-5-14-12(15)9-10(13)11-4-3-8-16-11/h3-5,7-8,10H,2,6,9,13H2,1H3. The van der Waals surface area contributed by atoms with Crippen LogP contribution >= 0.6 is 11.3 Å². The van der Waals surface area contributed by atoms with Gasteiger partial charge in [0.1, 0.15) is 5.82 Å². The van der Waals surface area contributed by atoms with E-state index in [9.17, 15) is 0 Å². The van der Waals surface area contributed by atoms with Gasteiger partial charge in [-0.3, -0.25) is 0 Å². The maximum absolute atomic E-state index is 6.15. The normalized spacial score (nSPS) is 12.9. The highest BCUT2D eigenvalue weighted by atomic mass is 32.1. The lowest BCUT2D eigenvalue weighted by atomic mass is 10.2. The van der Waals surface area contributed by atoms with Gasteiger partial charge in [-0.05, 0) is 17.9 Å². The molecule has 0 radical (unpaired) electrons. The molecule has 1 atom stereocenters. The minimum atomic E-state index is 0.0676. The Morgan fingerprint density at radius 3 is 3.12 bits per heavy atom. The summed E-state index contributed by atoms with van der Waals surface area (Å²) in [6, 6.07) is 4.19. The first-order valence-electron chi connectivity index (χ1n) is 5.60. The second-order valence-corrected chi connectivity index (χ2v) is 4.84. The first kappa shape index (κ1) is 11.4. The zero-order chi connectivity index (χ0) is 11.4. The molecule has 0 aliphatic heterocycles. The fourth-order valence-corrected chi connectivity index (χ4v) is 2.50. The van der Waals surface area contributed by atoms with Crippen LogP contribution in [0, 0.1) is 0 Å². The summed E-state index contributed by atoms with van der Waals surface area (Å²) in [6.45, 7) is 3.19. The quantitative estimate of drug-likeness (QED) is 0.865. The van der Waals surface area contributed by atoms with Crippen LogP contribution < -0.4 is 5.73 Å². The number of aromatic nitrogens is 2. The molecule has 0 amide bonds. The molecule has 0 spiro atoms. The molecule has 0 fully saturated rings. The van der Waals surface area contributed by atoms with Gasteiger partial charge in [0.15, 0.2) is 0 Å². The topological polar surface area (TPSA) is 43.8 Å². The van der Waals surface area contributed by atoms with Crippen LogP contribution in [0.3, 0.4) is 0 Å². The predicted molar refractivity (Wildman–Crippen MR) is 67.5 cm³/mol. The van der Waals surface area contributed by atoms with Crippen LogP contribution in [0.2, 0.25) is 0 Å². The van der Waals surface area contributed by atoms with Crippen molar-refractivity contribution in [3.8, 4) is 0 Å². The summed E-state index contributed by atoms with van der Waals surface area (Å²) in [5.41, 5.74) is 6.15. The van der Waals surface area contributed by atoms with Crippen molar-refractivity contribution in [3.05, 3.63) is 40.6 Å². The van der Waals surface area contributed by atoms with E-state index in [0.717, 1.165) is 25.2 Å². The van der Waals surface area contributed by atoms with Gasteiger partial charge in [0.25, 0.3) is 0 Å². The highest BCUT2D eigenvalue weighted by Gasteiger charge is 2.11. The van der Waals surface area contributed by atoms with Gasteiger partial charge >= 0.3 is 0 Å². The van der Waals surface area contributed by atoms with E-state index >= 15 is 0 Å². The van der Waals surface area contributed by atoms with E-state index in [1.54, 1.807) is 11.3 Å². The molecule has 1 unspecified atom stereocenters. The Bertz CT molecular complexity index is 419. The minimum absolute atomic E-state index is 0.0676. The van der Waals surface area contributed by atoms with Crippen molar-refractivity contribution >= 4 is 11.3 Å². The molecule has 4 heteroatoms. The molecule has 2 heterocycles. The largest absolute Gasteiger partial charge is 0.335 e. The average Bonchev–Trinajstić information content (AvgIpc) is 2.90. The van der Waals surface area contributed by atoms with Crippen molar-refractivity contribution in [2.75, 3.05) is 0 Å². The molecule has 2 aromatic heterocycles. The Balaban J connectivity index is 2.06. The molecule has 2 N–H and O–H groups in total. The van der Waals surface area contributed by atoms with Crippen molar-refractivity contribution < 1.29 is 0 Å². The Hall–Kier alpha value is -1.13. The molecule has 2 aromatic rings. The molecule has 0 aliphatic rings. The molecule has 0 bridgehead atoms. The van der Waals surface area contributed by atoms with Crippen molar-refractivity contribution in [3.63, 3.8) is 0 Å². The number of imidazole rings is 1. The van der Waals surface area contributed by atoms with Crippen LogP contribution in [0.15, 0.2) is 29.9 Å². The van der Waals surface area contributed by atoms with Crippen molar-refractivity contribution in [1.82, 2.24) is 9.55 Å². The van der Waals surface area contributed by atoms with Gasteiger partial charge < -0.3 is 10.3 Å². The van der Waals surface area contributed by atoms with E-state index in [-0.39, 0.29) is 6.04 Å². The highest BCUT2D eigenvalue weighted by Crippen LogP contribution is 2.20. The van der Waals surface area contributed by atoms with Gasteiger partial charge in [0, 0.05) is 36.3 Å². The number of aryl methyl sites for hydroxylation is 1. The van der Waals surface area contributed by atoms with Crippen LogP contribution in [0.25, 0.3) is 0 Å². The summed E-state index contributed by atoms with van der Waals surface area (Å²) < 4.78 is 2.19. The fourth-order valence-electron chi connectivity index (χ4n) is 1.77. The second kappa shape index (κ2) is 5.27. The van der Waals surface area contributed by atoms with Crippen molar-refractivity contribution in [2.24, 2.45) is 5.73 Å². The SMILES string of the molecule is CCCn1ccnc1CC(N)c1cccs1. The van der Waals surface area contributed by atoms with Crippen LogP contribution in [-0.4, -0.2) is 9.55 Å². The number of hydrogen-bond acceptors (Lipinski definition) is 3. The summed E-state index contributed by atoms with van der Waals surface area (Å²) in [7, 11) is 0. The van der Waals surface area contributed by atoms with Crippen molar-refractivity contribution in [2.45, 2.75) is 32.4 Å². The van der Waals surface area contributed by atoms with Crippen molar-refractivity contribution in [1.29, 1.82) is 0 Å². The summed E-state index contributed by atoms with van der Waals surface area (Å²) in [5, 5.41) is 2.06. The molecule has 0 aromatic carbocycles. The molecule has 0 saturated carbocycles. The van der Waals surface area contributed by atoms with Gasteiger partial charge in [0.05, 0.1) is 0 Å². The fraction of sp³-hybridized carbons (Fsp3) is 0.417. The maximum atomic E-state index is 6.15. The summed E-state index contributed by atoms with van der Waals surface area (Å²) in [5.74, 6) is 1.09. The Labute approximate surface area is 99.9 Å². The highest BCUT2D eigenvalue weighted by molar-refractivity contribution is 7.10. The average molecular weight is 235 g/mol. The first-order valence-corrected chi connectivity index (χ1v) is 6.48. The molecule has 16 heavy (non-hydrogen) atoms. The number of hydrogen-bond donors (Lipinski definition) is 1. The van der Waals surface area contributed by atoms with E-state index in [1.807, 2.05) is 18.5 Å². The van der Waals surface area contributed by atoms with Gasteiger partial charge in [-0.1, -0.05) is 13.0 Å². The third-order valence-electron chi connectivity index (χ3n) is 2.58. The summed E-state index contributed by atoms with van der Waals surface area (Å²) >= 11 is 1.71. The van der Waals surface area contributed by atoms with Gasteiger partial charge in [-0.25, -0.2) is 4.98 Å². The first-order chi connectivity index (χ1) is 7.81. The molecule has 0 saturated heterocycles. The van der Waals surface area contributed by atoms with E-state index in [0.29, 0.717) is 0 Å². The number of thiophene rings is 1. The van der Waals surface area contributed by atoms with Crippen LogP contribution in [0.1, 0.15) is 30.1 Å². The zero-order valence-corrected chi connectivity index (χ0v) is 10.3. The van der Waals surface area contributed by atoms with Gasteiger partial charge in [0.2, 0.25) is 0 Å². The van der Waals surface area contributed by atoms with E-state index in [1.165, 1.54) is 4.88 Å². The minimum Gasteiger partial charge on any atom is -0.335 e. The molecule has 0 aliphatic carbocycles. The van der Waals surface area contributed by atoms with Gasteiger partial charge in [-0.2, -0.15) is 0 Å². The van der Waals surface area contributed by atoms with Gasteiger partial charge in [-0.15, -0.1) is 11.3 Å². The maximum Gasteiger partial charge on any atom is 0.110 e. The monoisotopic (exact) mass is 235 g/mol. The number of nitrogens with zero attached hydrogens (tertiary/aromatic N) is 2. The zero-order valence-electron chi connectivity index (χ0n) is 9.47. The number of nitrogens with two attached hydrogens (primary N) is 1. The lowest BCUT2D eigenvalue weighted by molar-refractivity contribution is 0.602. The summed E-state index contributed by atoms with van der Waals surface area (Å²) in [4.78, 5) is 5.60. The smallest absolute Gasteiger partial charge is 0.110 e.